The number of nitriles is 1. The van der Waals surface area contributed by atoms with Crippen molar-refractivity contribution in [1.29, 1.82) is 5.26 Å². The first kappa shape index (κ1) is 26.2. The van der Waals surface area contributed by atoms with Gasteiger partial charge in [0.25, 0.3) is 0 Å². The number of rotatable bonds is 6. The van der Waals surface area contributed by atoms with Crippen LogP contribution in [0, 0.1) is 11.3 Å². The van der Waals surface area contributed by atoms with E-state index >= 15 is 0 Å². The van der Waals surface area contributed by atoms with Gasteiger partial charge in [-0.05, 0) is 50.0 Å². The number of aryl methyl sites for hydroxylation is 1. The van der Waals surface area contributed by atoms with Gasteiger partial charge in [0, 0.05) is 57.3 Å². The van der Waals surface area contributed by atoms with Gasteiger partial charge < -0.3 is 19.3 Å². The van der Waals surface area contributed by atoms with Crippen LogP contribution in [0.2, 0.25) is 0 Å². The maximum absolute atomic E-state index is 13.4. The fourth-order valence-electron chi connectivity index (χ4n) is 5.10. The third-order valence-electron chi connectivity index (χ3n) is 7.25. The highest BCUT2D eigenvalue weighted by atomic mass is 16.5. The van der Waals surface area contributed by atoms with E-state index in [4.69, 9.17) is 9.47 Å². The minimum Gasteiger partial charge on any atom is -0.478 e. The molecule has 202 valence electrons. The molecule has 2 aromatic rings. The number of hydrogen-bond acceptors (Lipinski definition) is 9. The number of aldehydes is 1. The van der Waals surface area contributed by atoms with Gasteiger partial charge in [0.1, 0.15) is 23.4 Å². The zero-order valence-corrected chi connectivity index (χ0v) is 22.0. The normalized spacial score (nSPS) is 20.2. The maximum Gasteiger partial charge on any atom is 0.328 e. The van der Waals surface area contributed by atoms with Crippen LogP contribution in [-0.4, -0.2) is 66.3 Å². The third-order valence-corrected chi connectivity index (χ3v) is 7.25. The van der Waals surface area contributed by atoms with E-state index in [1.54, 1.807) is 24.3 Å². The smallest absolute Gasteiger partial charge is 0.328 e. The lowest BCUT2D eigenvalue weighted by molar-refractivity contribution is 0.0351. The van der Waals surface area contributed by atoms with Crippen molar-refractivity contribution >= 4 is 29.6 Å². The van der Waals surface area contributed by atoms with E-state index < -0.39 is 6.03 Å². The van der Waals surface area contributed by atoms with Crippen molar-refractivity contribution in [1.82, 2.24) is 14.9 Å². The van der Waals surface area contributed by atoms with Gasteiger partial charge in [0.05, 0.1) is 23.6 Å². The van der Waals surface area contributed by atoms with Gasteiger partial charge in [-0.15, -0.1) is 0 Å². The molecule has 0 spiro atoms. The molecule has 0 aliphatic carbocycles. The van der Waals surface area contributed by atoms with Crippen LogP contribution in [0.4, 0.5) is 22.1 Å². The molecule has 3 aliphatic rings. The highest BCUT2D eigenvalue weighted by Gasteiger charge is 2.28. The number of ether oxygens (including phenoxy) is 2. The highest BCUT2D eigenvalue weighted by Crippen LogP contribution is 2.30. The molecule has 1 N–H and O–H groups in total. The third kappa shape index (κ3) is 5.56. The molecule has 2 amide bonds. The Morgan fingerprint density at radius 2 is 2.21 bits per heavy atom. The molecular formula is C28H31N7O4. The average Bonchev–Trinajstić information content (AvgIpc) is 3.35. The summed E-state index contributed by atoms with van der Waals surface area (Å²) >= 11 is 0. The number of urea groups is 1. The molecule has 1 fully saturated rings. The molecule has 11 nitrogen and oxygen atoms in total. The number of methoxy groups -OCH3 is 1. The van der Waals surface area contributed by atoms with Crippen molar-refractivity contribution in [3.05, 3.63) is 65.3 Å². The topological polar surface area (TPSA) is 124 Å². The lowest BCUT2D eigenvalue weighted by atomic mass is 10.0. The van der Waals surface area contributed by atoms with Gasteiger partial charge in [0.15, 0.2) is 12.5 Å². The molecule has 0 radical (unpaired) electrons. The zero-order valence-electron chi connectivity index (χ0n) is 22.0. The Labute approximate surface area is 227 Å². The molecule has 2 unspecified atom stereocenters. The SMILES string of the molecule is COC1CCN(c2cc(NC(=O)N3CCCc4cc(CN5C=CC=COC5C)c(C=O)nc43)ncc2C#N)C1. The minimum atomic E-state index is -0.393. The number of pyridine rings is 2. The van der Waals surface area contributed by atoms with Crippen molar-refractivity contribution in [3.63, 3.8) is 0 Å². The maximum atomic E-state index is 13.4. The standard InChI is InChI=1S/C28H31N7O4/c1-19-33(8-3-4-11-39-19)16-21-12-20-6-5-9-35(27(20)31-24(21)18-36)28(37)32-26-13-25(22(14-29)15-30-26)34-10-7-23(17-34)38-2/h3-4,8,11-13,15,18-19,23H,5-7,9-10,16-17H2,1-2H3,(H,30,32,37). The van der Waals surface area contributed by atoms with E-state index in [2.05, 4.69) is 26.3 Å². The van der Waals surface area contributed by atoms with Gasteiger partial charge in [-0.1, -0.05) is 0 Å². The van der Waals surface area contributed by atoms with Gasteiger partial charge in [-0.25, -0.2) is 14.8 Å². The molecule has 5 rings (SSSR count). The van der Waals surface area contributed by atoms with E-state index in [9.17, 15) is 14.9 Å². The quantitative estimate of drug-likeness (QED) is 0.559. The Kier molecular flexibility index (Phi) is 7.74. The zero-order chi connectivity index (χ0) is 27.4. The molecule has 0 aromatic carbocycles. The van der Waals surface area contributed by atoms with Gasteiger partial charge in [0.2, 0.25) is 0 Å². The number of aromatic nitrogens is 2. The largest absolute Gasteiger partial charge is 0.478 e. The molecule has 5 heterocycles. The summed E-state index contributed by atoms with van der Waals surface area (Å²) in [5.74, 6) is 0.808. The van der Waals surface area contributed by atoms with E-state index in [1.807, 2.05) is 36.2 Å². The van der Waals surface area contributed by atoms with E-state index in [0.29, 0.717) is 42.5 Å². The number of fused-ring (bicyclic) bond motifs is 1. The number of anilines is 3. The Bertz CT molecular complexity index is 1350. The number of hydrogen-bond donors (Lipinski definition) is 1. The summed E-state index contributed by atoms with van der Waals surface area (Å²) in [6, 6.07) is 5.47. The van der Waals surface area contributed by atoms with E-state index in [0.717, 1.165) is 43.2 Å². The van der Waals surface area contributed by atoms with Gasteiger partial charge >= 0.3 is 6.03 Å². The van der Waals surface area contributed by atoms with Crippen LogP contribution in [0.15, 0.2) is 42.9 Å². The Balaban J connectivity index is 1.37. The van der Waals surface area contributed by atoms with Crippen LogP contribution in [0.25, 0.3) is 0 Å². The number of nitrogens with one attached hydrogen (secondary N) is 1. The summed E-state index contributed by atoms with van der Waals surface area (Å²) in [5.41, 5.74) is 3.10. The van der Waals surface area contributed by atoms with Crippen LogP contribution in [0.3, 0.4) is 0 Å². The van der Waals surface area contributed by atoms with Crippen LogP contribution in [0.5, 0.6) is 0 Å². The molecule has 2 atom stereocenters. The first-order chi connectivity index (χ1) is 19.0. The monoisotopic (exact) mass is 529 g/mol. The summed E-state index contributed by atoms with van der Waals surface area (Å²) in [6.45, 7) is 4.25. The first-order valence-electron chi connectivity index (χ1n) is 13.0. The molecule has 2 aromatic heterocycles. The Morgan fingerprint density at radius 1 is 1.33 bits per heavy atom. The first-order valence-corrected chi connectivity index (χ1v) is 13.0. The van der Waals surface area contributed by atoms with Crippen molar-refractivity contribution in [2.75, 3.05) is 41.9 Å². The highest BCUT2D eigenvalue weighted by molar-refractivity contribution is 6.01. The molecule has 39 heavy (non-hydrogen) atoms. The van der Waals surface area contributed by atoms with Crippen molar-refractivity contribution in [2.45, 2.75) is 45.1 Å². The number of nitrogens with zero attached hydrogens (tertiary/aromatic N) is 6. The van der Waals surface area contributed by atoms with E-state index in [1.165, 1.54) is 6.20 Å². The Morgan fingerprint density at radius 3 is 2.97 bits per heavy atom. The van der Waals surface area contributed by atoms with Crippen LogP contribution < -0.4 is 15.1 Å². The molecule has 0 bridgehead atoms. The summed E-state index contributed by atoms with van der Waals surface area (Å²) in [5, 5.41) is 12.5. The predicted octanol–water partition coefficient (Wildman–Crippen LogP) is 3.58. The molecule has 3 aliphatic heterocycles. The minimum absolute atomic E-state index is 0.0957. The number of carbonyl (C=O) groups is 2. The Hall–Kier alpha value is -4.43. The van der Waals surface area contributed by atoms with Crippen molar-refractivity contribution < 1.29 is 19.1 Å². The number of carbonyl (C=O) groups excluding carboxylic acids is 2. The average molecular weight is 530 g/mol. The summed E-state index contributed by atoms with van der Waals surface area (Å²) in [7, 11) is 1.68. The lowest BCUT2D eigenvalue weighted by Crippen LogP contribution is -2.40. The summed E-state index contributed by atoms with van der Waals surface area (Å²) < 4.78 is 11.1. The molecule has 11 heteroatoms. The van der Waals surface area contributed by atoms with E-state index in [-0.39, 0.29) is 18.0 Å². The second kappa shape index (κ2) is 11.5. The fraction of sp³-hybridized carbons (Fsp3) is 0.393. The number of amides is 2. The van der Waals surface area contributed by atoms with Gasteiger partial charge in [-0.3, -0.25) is 15.0 Å². The number of allylic oxidation sites excluding steroid dienone is 2. The van der Waals surface area contributed by atoms with Crippen molar-refractivity contribution in [3.8, 4) is 6.07 Å². The molecule has 0 saturated carbocycles. The predicted molar refractivity (Wildman–Crippen MR) is 145 cm³/mol. The van der Waals surface area contributed by atoms with Crippen molar-refractivity contribution in [2.24, 2.45) is 0 Å². The second-order valence-corrected chi connectivity index (χ2v) is 9.69. The second-order valence-electron chi connectivity index (χ2n) is 9.69. The van der Waals surface area contributed by atoms with Crippen LogP contribution >= 0.6 is 0 Å². The summed E-state index contributed by atoms with van der Waals surface area (Å²) in [4.78, 5) is 39.9. The lowest BCUT2D eigenvalue weighted by Gasteiger charge is -2.30. The van der Waals surface area contributed by atoms with Crippen LogP contribution in [0.1, 0.15) is 46.9 Å². The molecular weight excluding hydrogens is 498 g/mol. The summed E-state index contributed by atoms with van der Waals surface area (Å²) in [6.07, 6.45) is 11.7. The fourth-order valence-corrected chi connectivity index (χ4v) is 5.10. The van der Waals surface area contributed by atoms with Crippen LogP contribution in [-0.2, 0) is 22.4 Å². The van der Waals surface area contributed by atoms with Gasteiger partial charge in [-0.2, -0.15) is 5.26 Å². The molecule has 1 saturated heterocycles.